The first-order chi connectivity index (χ1) is 19.1. The van der Waals surface area contributed by atoms with Crippen molar-refractivity contribution in [1.82, 2.24) is 4.90 Å². The number of benzene rings is 3. The number of fused-ring (bicyclic) bond motifs is 1. The topological polar surface area (TPSA) is 29.5 Å². The van der Waals surface area contributed by atoms with Crippen molar-refractivity contribution in [3.05, 3.63) is 125 Å². The second-order valence-electron chi connectivity index (χ2n) is 10.8. The molecule has 0 spiro atoms. The van der Waals surface area contributed by atoms with Crippen LogP contribution in [0.3, 0.4) is 0 Å². The number of rotatable bonds is 10. The molecule has 4 nitrogen and oxygen atoms in total. The highest BCUT2D eigenvalue weighted by molar-refractivity contribution is 6.07. The number of carbonyl (C=O) groups excluding carboxylic acids is 1. The lowest BCUT2D eigenvalue weighted by Crippen LogP contribution is -2.40. The number of nitrogens with zero attached hydrogens (tertiary/aromatic N) is 2. The quantitative estimate of drug-likeness (QED) is 0.197. The molecule has 7 heteroatoms. The molecule has 0 saturated carbocycles. The van der Waals surface area contributed by atoms with Gasteiger partial charge >= 0.3 is 6.18 Å². The average Bonchev–Trinajstić information content (AvgIpc) is 3.46. The lowest BCUT2D eigenvalue weighted by molar-refractivity contribution is -0.817. The van der Waals surface area contributed by atoms with Gasteiger partial charge in [0, 0.05) is 43.6 Å². The van der Waals surface area contributed by atoms with E-state index in [4.69, 9.17) is 4.74 Å². The number of hydrogen-bond donors (Lipinski definition) is 0. The van der Waals surface area contributed by atoms with Gasteiger partial charge in [-0.05, 0) is 36.9 Å². The molecule has 3 unspecified atom stereocenters. The van der Waals surface area contributed by atoms with Crippen LogP contribution in [0.2, 0.25) is 0 Å². The summed E-state index contributed by atoms with van der Waals surface area (Å²) >= 11 is 0. The zero-order valence-corrected chi connectivity index (χ0v) is 22.8. The second kappa shape index (κ2) is 11.4. The van der Waals surface area contributed by atoms with Crippen molar-refractivity contribution in [3.8, 4) is 5.75 Å². The average molecular weight is 548 g/mol. The summed E-state index contributed by atoms with van der Waals surface area (Å²) in [6.07, 6.45) is 1.11. The lowest BCUT2D eigenvalue weighted by Gasteiger charge is -2.30. The highest BCUT2D eigenvalue weighted by Crippen LogP contribution is 2.43. The normalized spacial score (nSPS) is 21.1. The molecule has 2 aliphatic heterocycles. The largest absolute Gasteiger partial charge is 0.486 e. The Bertz CT molecular complexity index is 1380. The molecule has 3 aromatic carbocycles. The van der Waals surface area contributed by atoms with Crippen molar-refractivity contribution in [1.29, 1.82) is 0 Å². The van der Waals surface area contributed by atoms with Gasteiger partial charge in [0.1, 0.15) is 17.6 Å². The fourth-order valence-electron chi connectivity index (χ4n) is 5.86. The van der Waals surface area contributed by atoms with Gasteiger partial charge in [-0.3, -0.25) is 9.28 Å². The first-order valence-corrected chi connectivity index (χ1v) is 13.6. The summed E-state index contributed by atoms with van der Waals surface area (Å²) in [6, 6.07) is 24.1. The first kappa shape index (κ1) is 27.9. The lowest BCUT2D eigenvalue weighted by atomic mass is 10.0. The van der Waals surface area contributed by atoms with Crippen LogP contribution in [-0.2, 0) is 6.18 Å². The van der Waals surface area contributed by atoms with E-state index in [2.05, 4.69) is 25.1 Å². The third-order valence-corrected chi connectivity index (χ3v) is 8.06. The maximum absolute atomic E-state index is 13.3. The number of likely N-dealkylation sites (N-methyl/N-ethyl adjacent to an activating group) is 1. The first-order valence-electron chi connectivity index (χ1n) is 13.6. The minimum atomic E-state index is -4.38. The second-order valence-corrected chi connectivity index (χ2v) is 10.8. The summed E-state index contributed by atoms with van der Waals surface area (Å²) in [5.74, 6) is 0.818. The van der Waals surface area contributed by atoms with E-state index in [0.717, 1.165) is 49.4 Å². The van der Waals surface area contributed by atoms with Gasteiger partial charge in [-0.15, -0.1) is 0 Å². The van der Waals surface area contributed by atoms with Gasteiger partial charge in [-0.2, -0.15) is 13.2 Å². The Morgan fingerprint density at radius 2 is 1.62 bits per heavy atom. The number of ketones is 1. The number of carbonyl (C=O) groups is 1. The van der Waals surface area contributed by atoms with Crippen LogP contribution in [0.1, 0.15) is 40.4 Å². The minimum Gasteiger partial charge on any atom is -0.486 e. The number of hydrogen-bond acceptors (Lipinski definition) is 3. The van der Waals surface area contributed by atoms with Crippen LogP contribution < -0.4 is 4.74 Å². The number of allylic oxidation sites excluding steroid dienone is 3. The zero-order valence-electron chi connectivity index (χ0n) is 22.8. The van der Waals surface area contributed by atoms with E-state index >= 15 is 0 Å². The van der Waals surface area contributed by atoms with Crippen LogP contribution in [-0.4, -0.2) is 48.9 Å². The summed E-state index contributed by atoms with van der Waals surface area (Å²) in [7, 11) is 4.22. The van der Waals surface area contributed by atoms with Crippen molar-refractivity contribution in [2.45, 2.75) is 25.1 Å². The summed E-state index contributed by atoms with van der Waals surface area (Å²) in [6.45, 7) is 2.48. The molecule has 3 aromatic rings. The third kappa shape index (κ3) is 5.91. The molecule has 0 radical (unpaired) electrons. The predicted molar refractivity (Wildman–Crippen MR) is 149 cm³/mol. The number of ether oxygens (including phenoxy) is 1. The SMILES string of the molecule is CN(CCC(Oc1ccc(C(F)(F)F)cc1)c1ccccc1)CC1CC[N+]2(C)C(C(=O)c3ccccc3)=CC=C12. The number of halogens is 3. The molecule has 208 valence electrons. The Hall–Kier alpha value is -3.68. The van der Waals surface area contributed by atoms with E-state index in [9.17, 15) is 18.0 Å². The fraction of sp³-hybridized carbons (Fsp3) is 0.303. The van der Waals surface area contributed by atoms with E-state index in [1.54, 1.807) is 0 Å². The van der Waals surface area contributed by atoms with Crippen molar-refractivity contribution in [2.24, 2.45) is 5.92 Å². The molecule has 2 heterocycles. The van der Waals surface area contributed by atoms with Gasteiger partial charge in [-0.25, -0.2) is 0 Å². The van der Waals surface area contributed by atoms with E-state index < -0.39 is 11.7 Å². The molecule has 40 heavy (non-hydrogen) atoms. The maximum atomic E-state index is 13.3. The summed E-state index contributed by atoms with van der Waals surface area (Å²) in [5.41, 5.74) is 3.09. The van der Waals surface area contributed by atoms with Crippen molar-refractivity contribution in [3.63, 3.8) is 0 Å². The molecule has 5 rings (SSSR count). The number of alkyl halides is 3. The zero-order chi connectivity index (χ0) is 28.3. The van der Waals surface area contributed by atoms with Gasteiger partial charge in [0.05, 0.1) is 25.1 Å². The molecular formula is C33H34F3N2O2+. The molecule has 1 saturated heterocycles. The molecule has 1 fully saturated rings. The smallest absolute Gasteiger partial charge is 0.416 e. The minimum absolute atomic E-state index is 0.0782. The van der Waals surface area contributed by atoms with Crippen LogP contribution >= 0.6 is 0 Å². The Balaban J connectivity index is 1.21. The summed E-state index contributed by atoms with van der Waals surface area (Å²) in [4.78, 5) is 15.5. The molecule has 3 atom stereocenters. The predicted octanol–water partition coefficient (Wildman–Crippen LogP) is 7.28. The Morgan fingerprint density at radius 1 is 0.975 bits per heavy atom. The van der Waals surface area contributed by atoms with Crippen LogP contribution in [0.25, 0.3) is 0 Å². The van der Waals surface area contributed by atoms with Crippen LogP contribution in [0.15, 0.2) is 108 Å². The standard InChI is InChI=1S/C33H34F3N2O2/c1-37(23-26-20-22-38(2)29(26)17-18-30(38)32(39)25-11-7-4-8-12-25)21-19-31(24-9-5-3-6-10-24)40-28-15-13-27(14-16-28)33(34,35)36/h3-18,26,31H,19-23H2,1-2H3/q+1. The third-order valence-electron chi connectivity index (χ3n) is 8.06. The summed E-state index contributed by atoms with van der Waals surface area (Å²) < 4.78 is 45.8. The molecular weight excluding hydrogens is 513 g/mol. The number of Topliss-reactive ketones (excluding diaryl/α,β-unsaturated/α-hetero) is 1. The highest BCUT2D eigenvalue weighted by atomic mass is 19.4. The van der Waals surface area contributed by atoms with Crippen LogP contribution in [0.4, 0.5) is 13.2 Å². The molecule has 0 bridgehead atoms. The van der Waals surface area contributed by atoms with Crippen LogP contribution in [0, 0.1) is 5.92 Å². The van der Waals surface area contributed by atoms with Crippen molar-refractivity contribution < 1.29 is 27.2 Å². The maximum Gasteiger partial charge on any atom is 0.416 e. The van der Waals surface area contributed by atoms with Gasteiger partial charge < -0.3 is 9.64 Å². The van der Waals surface area contributed by atoms with E-state index in [0.29, 0.717) is 28.1 Å². The number of quaternary nitrogens is 1. The van der Waals surface area contributed by atoms with Gasteiger partial charge in [0.15, 0.2) is 5.70 Å². The Kier molecular flexibility index (Phi) is 7.97. The Labute approximate surface area is 233 Å². The van der Waals surface area contributed by atoms with E-state index in [-0.39, 0.29) is 11.9 Å². The molecule has 2 aliphatic rings. The van der Waals surface area contributed by atoms with Crippen LogP contribution in [0.5, 0.6) is 5.75 Å². The van der Waals surface area contributed by atoms with E-state index in [1.807, 2.05) is 66.7 Å². The highest BCUT2D eigenvalue weighted by Gasteiger charge is 2.49. The Morgan fingerprint density at radius 3 is 2.27 bits per heavy atom. The summed E-state index contributed by atoms with van der Waals surface area (Å²) in [5, 5.41) is 0. The molecule has 0 aliphatic carbocycles. The van der Waals surface area contributed by atoms with Crippen molar-refractivity contribution >= 4 is 5.78 Å². The monoisotopic (exact) mass is 547 g/mol. The van der Waals surface area contributed by atoms with E-state index in [1.165, 1.54) is 17.8 Å². The van der Waals surface area contributed by atoms with Gasteiger partial charge in [0.25, 0.3) is 0 Å². The van der Waals surface area contributed by atoms with Gasteiger partial charge in [0.2, 0.25) is 5.78 Å². The molecule has 0 aromatic heterocycles. The van der Waals surface area contributed by atoms with Crippen molar-refractivity contribution in [2.75, 3.05) is 33.7 Å². The van der Waals surface area contributed by atoms with Gasteiger partial charge in [-0.1, -0.05) is 60.7 Å². The molecule has 0 amide bonds. The molecule has 0 N–H and O–H groups in total. The fourth-order valence-corrected chi connectivity index (χ4v) is 5.86.